The van der Waals surface area contributed by atoms with Gasteiger partial charge in [0.2, 0.25) is 15.9 Å². The molecule has 0 radical (unpaired) electrons. The topological polar surface area (TPSA) is 66.5 Å². The SMILES string of the molecule is CC(C)c1ccc(N(CCC(=O)Nc2ccc(Cl)cc2)S(C)(=O)=O)cc1. The van der Waals surface area contributed by atoms with Crippen LogP contribution in [-0.4, -0.2) is 27.1 Å². The zero-order valence-corrected chi connectivity index (χ0v) is 16.6. The predicted molar refractivity (Wildman–Crippen MR) is 107 cm³/mol. The second-order valence-corrected chi connectivity index (χ2v) is 8.73. The Bertz CT molecular complexity index is 847. The van der Waals surface area contributed by atoms with Gasteiger partial charge in [0.25, 0.3) is 0 Å². The summed E-state index contributed by atoms with van der Waals surface area (Å²) < 4.78 is 25.5. The van der Waals surface area contributed by atoms with E-state index < -0.39 is 10.0 Å². The van der Waals surface area contributed by atoms with Gasteiger partial charge < -0.3 is 5.32 Å². The first-order valence-electron chi connectivity index (χ1n) is 8.30. The van der Waals surface area contributed by atoms with Gasteiger partial charge in [0, 0.05) is 23.7 Å². The molecule has 0 aromatic heterocycles. The maximum absolute atomic E-state index is 12.1. The molecule has 0 spiro atoms. The van der Waals surface area contributed by atoms with Crippen LogP contribution in [0.25, 0.3) is 0 Å². The molecule has 2 aromatic rings. The minimum Gasteiger partial charge on any atom is -0.326 e. The van der Waals surface area contributed by atoms with Crippen molar-refractivity contribution in [3.63, 3.8) is 0 Å². The van der Waals surface area contributed by atoms with E-state index in [9.17, 15) is 13.2 Å². The minimum absolute atomic E-state index is 0.0433. The van der Waals surface area contributed by atoms with Crippen LogP contribution in [0, 0.1) is 0 Å². The van der Waals surface area contributed by atoms with Gasteiger partial charge in [0.05, 0.1) is 11.9 Å². The van der Waals surface area contributed by atoms with Crippen molar-refractivity contribution in [1.82, 2.24) is 0 Å². The van der Waals surface area contributed by atoms with E-state index in [2.05, 4.69) is 19.2 Å². The first-order valence-corrected chi connectivity index (χ1v) is 10.5. The normalized spacial score (nSPS) is 11.4. The molecule has 140 valence electrons. The second-order valence-electron chi connectivity index (χ2n) is 6.39. The monoisotopic (exact) mass is 394 g/mol. The van der Waals surface area contributed by atoms with E-state index in [4.69, 9.17) is 11.6 Å². The van der Waals surface area contributed by atoms with Gasteiger partial charge in [-0.3, -0.25) is 9.10 Å². The van der Waals surface area contributed by atoms with Crippen molar-refractivity contribution in [2.75, 3.05) is 22.4 Å². The van der Waals surface area contributed by atoms with Crippen LogP contribution in [0.2, 0.25) is 5.02 Å². The number of benzene rings is 2. The minimum atomic E-state index is -3.49. The summed E-state index contributed by atoms with van der Waals surface area (Å²) in [6.45, 7) is 4.22. The lowest BCUT2D eigenvalue weighted by molar-refractivity contribution is -0.116. The molecule has 0 aliphatic rings. The quantitative estimate of drug-likeness (QED) is 0.763. The highest BCUT2D eigenvalue weighted by Gasteiger charge is 2.19. The average molecular weight is 395 g/mol. The molecule has 0 aliphatic carbocycles. The predicted octanol–water partition coefficient (Wildman–Crippen LogP) is 4.26. The molecule has 0 atom stereocenters. The lowest BCUT2D eigenvalue weighted by Crippen LogP contribution is -2.33. The summed E-state index contributed by atoms with van der Waals surface area (Å²) >= 11 is 5.81. The number of sulfonamides is 1. The van der Waals surface area contributed by atoms with Crippen molar-refractivity contribution in [3.8, 4) is 0 Å². The third-order valence-corrected chi connectivity index (χ3v) is 5.36. The van der Waals surface area contributed by atoms with Crippen molar-refractivity contribution >= 4 is 38.9 Å². The molecular weight excluding hydrogens is 372 g/mol. The third kappa shape index (κ3) is 5.75. The Morgan fingerprint density at radius 3 is 2.15 bits per heavy atom. The zero-order valence-electron chi connectivity index (χ0n) is 15.1. The number of amides is 1. The van der Waals surface area contributed by atoms with Crippen LogP contribution >= 0.6 is 11.6 Å². The van der Waals surface area contributed by atoms with E-state index in [0.29, 0.717) is 22.3 Å². The lowest BCUT2D eigenvalue weighted by atomic mass is 10.0. The van der Waals surface area contributed by atoms with Crippen molar-refractivity contribution in [3.05, 3.63) is 59.1 Å². The van der Waals surface area contributed by atoms with Crippen molar-refractivity contribution in [2.45, 2.75) is 26.2 Å². The molecule has 0 unspecified atom stereocenters. The van der Waals surface area contributed by atoms with Crippen LogP contribution in [0.15, 0.2) is 48.5 Å². The van der Waals surface area contributed by atoms with Gasteiger partial charge >= 0.3 is 0 Å². The molecule has 1 amide bonds. The Balaban J connectivity index is 2.06. The number of hydrogen-bond donors (Lipinski definition) is 1. The number of nitrogens with one attached hydrogen (secondary N) is 1. The smallest absolute Gasteiger partial charge is 0.232 e. The van der Waals surface area contributed by atoms with E-state index in [1.54, 1.807) is 36.4 Å². The molecule has 0 saturated carbocycles. The number of carbonyl (C=O) groups is 1. The van der Waals surface area contributed by atoms with Crippen LogP contribution in [0.4, 0.5) is 11.4 Å². The van der Waals surface area contributed by atoms with Gasteiger partial charge in [0.15, 0.2) is 0 Å². The van der Waals surface area contributed by atoms with Gasteiger partial charge in [-0.25, -0.2) is 8.42 Å². The Morgan fingerprint density at radius 2 is 1.65 bits per heavy atom. The van der Waals surface area contributed by atoms with Gasteiger partial charge in [-0.2, -0.15) is 0 Å². The van der Waals surface area contributed by atoms with E-state index in [0.717, 1.165) is 11.8 Å². The molecule has 0 fully saturated rings. The lowest BCUT2D eigenvalue weighted by Gasteiger charge is -2.22. The molecular formula is C19H23ClN2O3S. The summed E-state index contributed by atoms with van der Waals surface area (Å²) in [7, 11) is -3.49. The third-order valence-electron chi connectivity index (χ3n) is 3.92. The first-order chi connectivity index (χ1) is 12.2. The molecule has 26 heavy (non-hydrogen) atoms. The maximum atomic E-state index is 12.1. The number of nitrogens with zero attached hydrogens (tertiary/aromatic N) is 1. The standard InChI is InChI=1S/C19H23ClN2O3S/c1-14(2)15-4-10-18(11-5-15)22(26(3,24)25)13-12-19(23)21-17-8-6-16(20)7-9-17/h4-11,14H,12-13H2,1-3H3,(H,21,23). The van der Waals surface area contributed by atoms with Crippen LogP contribution in [0.3, 0.4) is 0 Å². The van der Waals surface area contributed by atoms with Crippen LogP contribution < -0.4 is 9.62 Å². The number of hydrogen-bond acceptors (Lipinski definition) is 3. The average Bonchev–Trinajstić information content (AvgIpc) is 2.56. The number of carbonyl (C=O) groups excluding carboxylic acids is 1. The van der Waals surface area contributed by atoms with Crippen LogP contribution in [0.5, 0.6) is 0 Å². The van der Waals surface area contributed by atoms with E-state index in [-0.39, 0.29) is 18.9 Å². The van der Waals surface area contributed by atoms with Crippen molar-refractivity contribution in [1.29, 1.82) is 0 Å². The zero-order chi connectivity index (χ0) is 19.3. The Morgan fingerprint density at radius 1 is 1.08 bits per heavy atom. The summed E-state index contributed by atoms with van der Waals surface area (Å²) in [5.41, 5.74) is 2.30. The molecule has 0 saturated heterocycles. The summed E-state index contributed by atoms with van der Waals surface area (Å²) in [5.74, 6) is 0.0978. The fourth-order valence-corrected chi connectivity index (χ4v) is 3.53. The van der Waals surface area contributed by atoms with E-state index >= 15 is 0 Å². The summed E-state index contributed by atoms with van der Waals surface area (Å²) in [5, 5.41) is 3.31. The summed E-state index contributed by atoms with van der Waals surface area (Å²) in [6, 6.07) is 14.1. The van der Waals surface area contributed by atoms with Gasteiger partial charge in [0.1, 0.15) is 0 Å². The molecule has 5 nitrogen and oxygen atoms in total. The van der Waals surface area contributed by atoms with Crippen molar-refractivity contribution in [2.24, 2.45) is 0 Å². The summed E-state index contributed by atoms with van der Waals surface area (Å²) in [4.78, 5) is 12.1. The highest BCUT2D eigenvalue weighted by Crippen LogP contribution is 2.22. The molecule has 0 bridgehead atoms. The Labute approximate surface area is 160 Å². The number of anilines is 2. The fourth-order valence-electron chi connectivity index (χ4n) is 2.47. The highest BCUT2D eigenvalue weighted by atomic mass is 35.5. The second kappa shape index (κ2) is 8.56. The Kier molecular flexibility index (Phi) is 6.67. The largest absolute Gasteiger partial charge is 0.326 e. The van der Waals surface area contributed by atoms with E-state index in [1.807, 2.05) is 12.1 Å². The Hall–Kier alpha value is -2.05. The molecule has 1 N–H and O–H groups in total. The molecule has 7 heteroatoms. The fraction of sp³-hybridized carbons (Fsp3) is 0.316. The first kappa shape index (κ1) is 20.3. The number of rotatable bonds is 7. The summed E-state index contributed by atoms with van der Waals surface area (Å²) in [6.07, 6.45) is 1.18. The van der Waals surface area contributed by atoms with Crippen molar-refractivity contribution < 1.29 is 13.2 Å². The van der Waals surface area contributed by atoms with Crippen LogP contribution in [0.1, 0.15) is 31.7 Å². The van der Waals surface area contributed by atoms with Gasteiger partial charge in [-0.1, -0.05) is 37.6 Å². The molecule has 2 aromatic carbocycles. The van der Waals surface area contributed by atoms with E-state index in [1.165, 1.54) is 4.31 Å². The highest BCUT2D eigenvalue weighted by molar-refractivity contribution is 7.92. The molecule has 0 heterocycles. The van der Waals surface area contributed by atoms with Gasteiger partial charge in [-0.05, 0) is 47.9 Å². The van der Waals surface area contributed by atoms with Gasteiger partial charge in [-0.15, -0.1) is 0 Å². The van der Waals surface area contributed by atoms with Crippen LogP contribution in [-0.2, 0) is 14.8 Å². The maximum Gasteiger partial charge on any atom is 0.232 e. The number of halogens is 1. The molecule has 2 rings (SSSR count). The molecule has 0 aliphatic heterocycles.